The van der Waals surface area contributed by atoms with Crippen molar-refractivity contribution in [3.05, 3.63) is 76.8 Å². The number of fused-ring (bicyclic) bond motifs is 1. The average Bonchev–Trinajstić information content (AvgIpc) is 2.64. The number of hydrazone groups is 1. The molecule has 130 valence electrons. The van der Waals surface area contributed by atoms with Crippen molar-refractivity contribution < 1.29 is 9.59 Å². The molecule has 0 radical (unpaired) electrons. The highest BCUT2D eigenvalue weighted by atomic mass is 35.5. The number of amides is 2. The zero-order valence-electron chi connectivity index (χ0n) is 14.0. The van der Waals surface area contributed by atoms with Crippen LogP contribution in [0.1, 0.15) is 11.1 Å². The van der Waals surface area contributed by atoms with Crippen molar-refractivity contribution in [1.29, 1.82) is 0 Å². The molecular formula is C20H16ClN3O2. The van der Waals surface area contributed by atoms with E-state index in [4.69, 9.17) is 11.6 Å². The van der Waals surface area contributed by atoms with Gasteiger partial charge in [0.1, 0.15) is 0 Å². The molecule has 0 saturated carbocycles. The lowest BCUT2D eigenvalue weighted by Crippen LogP contribution is -2.32. The van der Waals surface area contributed by atoms with E-state index in [2.05, 4.69) is 15.8 Å². The summed E-state index contributed by atoms with van der Waals surface area (Å²) in [6.45, 7) is 1.81. The van der Waals surface area contributed by atoms with Gasteiger partial charge in [0, 0.05) is 16.3 Å². The minimum absolute atomic E-state index is 0.472. The zero-order valence-corrected chi connectivity index (χ0v) is 14.7. The molecule has 6 heteroatoms. The van der Waals surface area contributed by atoms with Gasteiger partial charge in [-0.05, 0) is 35.4 Å². The highest BCUT2D eigenvalue weighted by Crippen LogP contribution is 2.20. The number of nitrogens with one attached hydrogen (secondary N) is 2. The molecule has 3 aromatic carbocycles. The van der Waals surface area contributed by atoms with Gasteiger partial charge in [0.2, 0.25) is 0 Å². The van der Waals surface area contributed by atoms with E-state index < -0.39 is 11.8 Å². The third-order valence-electron chi connectivity index (χ3n) is 3.85. The lowest BCUT2D eigenvalue weighted by molar-refractivity contribution is -0.136. The van der Waals surface area contributed by atoms with Gasteiger partial charge >= 0.3 is 11.8 Å². The van der Waals surface area contributed by atoms with Crippen LogP contribution in [0.15, 0.2) is 65.8 Å². The smallest absolute Gasteiger partial charge is 0.317 e. The number of carbonyl (C=O) groups is 2. The van der Waals surface area contributed by atoms with Gasteiger partial charge in [-0.2, -0.15) is 5.10 Å². The minimum atomic E-state index is -0.860. The van der Waals surface area contributed by atoms with Crippen molar-refractivity contribution in [2.45, 2.75) is 6.92 Å². The van der Waals surface area contributed by atoms with Crippen molar-refractivity contribution in [2.75, 3.05) is 5.32 Å². The molecule has 0 unspecified atom stereocenters. The first-order valence-corrected chi connectivity index (χ1v) is 8.31. The number of anilines is 1. The Bertz CT molecular complexity index is 1010. The van der Waals surface area contributed by atoms with Crippen LogP contribution in [0.2, 0.25) is 5.02 Å². The molecule has 0 atom stereocenters. The van der Waals surface area contributed by atoms with E-state index in [-0.39, 0.29) is 0 Å². The first-order valence-electron chi connectivity index (χ1n) is 7.93. The van der Waals surface area contributed by atoms with Crippen LogP contribution in [0.5, 0.6) is 0 Å². The fourth-order valence-corrected chi connectivity index (χ4v) is 2.65. The number of halogens is 1. The Balaban J connectivity index is 1.67. The molecule has 3 rings (SSSR count). The molecule has 0 aromatic heterocycles. The Hall–Kier alpha value is -3.18. The maximum absolute atomic E-state index is 12.0. The van der Waals surface area contributed by atoms with E-state index in [1.54, 1.807) is 18.2 Å². The predicted octanol–water partition coefficient (Wildman–Crippen LogP) is 3.89. The Labute approximate surface area is 155 Å². The van der Waals surface area contributed by atoms with Crippen molar-refractivity contribution >= 4 is 46.1 Å². The average molecular weight is 366 g/mol. The summed E-state index contributed by atoms with van der Waals surface area (Å²) in [6, 6.07) is 18.7. The van der Waals surface area contributed by atoms with Gasteiger partial charge in [-0.3, -0.25) is 9.59 Å². The Morgan fingerprint density at radius 3 is 2.62 bits per heavy atom. The summed E-state index contributed by atoms with van der Waals surface area (Å²) < 4.78 is 0. The van der Waals surface area contributed by atoms with Crippen LogP contribution in [-0.2, 0) is 9.59 Å². The van der Waals surface area contributed by atoms with Gasteiger partial charge in [0.05, 0.1) is 6.21 Å². The fraction of sp³-hybridized carbons (Fsp3) is 0.0500. The molecule has 0 aliphatic carbocycles. The van der Waals surface area contributed by atoms with Crippen LogP contribution in [0, 0.1) is 6.92 Å². The summed E-state index contributed by atoms with van der Waals surface area (Å²) in [7, 11) is 0. The van der Waals surface area contributed by atoms with E-state index in [9.17, 15) is 9.59 Å². The van der Waals surface area contributed by atoms with E-state index in [0.717, 1.165) is 21.9 Å². The number of rotatable bonds is 3. The zero-order chi connectivity index (χ0) is 18.5. The van der Waals surface area contributed by atoms with E-state index >= 15 is 0 Å². The van der Waals surface area contributed by atoms with Crippen LogP contribution in [0.3, 0.4) is 0 Å². The number of hydrogen-bond donors (Lipinski definition) is 2. The second-order valence-electron chi connectivity index (χ2n) is 5.68. The molecule has 3 aromatic rings. The topological polar surface area (TPSA) is 70.6 Å². The molecule has 2 N–H and O–H groups in total. The van der Waals surface area contributed by atoms with E-state index in [0.29, 0.717) is 10.7 Å². The molecule has 5 nitrogen and oxygen atoms in total. The Morgan fingerprint density at radius 2 is 1.77 bits per heavy atom. The SMILES string of the molecule is Cc1ccc(Cl)cc1NC(=O)C(=O)N/N=C/c1cccc2ccccc12. The number of nitrogens with zero attached hydrogens (tertiary/aromatic N) is 1. The van der Waals surface area contributed by atoms with Gasteiger partial charge in [0.15, 0.2) is 0 Å². The molecule has 0 spiro atoms. The van der Waals surface area contributed by atoms with Crippen LogP contribution in [-0.4, -0.2) is 18.0 Å². The molecule has 0 bridgehead atoms. The van der Waals surface area contributed by atoms with Gasteiger partial charge in [-0.25, -0.2) is 5.43 Å². The Kier molecular flexibility index (Phi) is 5.29. The third-order valence-corrected chi connectivity index (χ3v) is 4.08. The van der Waals surface area contributed by atoms with Crippen molar-refractivity contribution in [3.63, 3.8) is 0 Å². The quantitative estimate of drug-likeness (QED) is 0.420. The maximum atomic E-state index is 12.0. The van der Waals surface area contributed by atoms with Crippen LogP contribution in [0.4, 0.5) is 5.69 Å². The monoisotopic (exact) mass is 365 g/mol. The first kappa shape index (κ1) is 17.6. The molecule has 26 heavy (non-hydrogen) atoms. The number of carbonyl (C=O) groups excluding carboxylic acids is 2. The van der Waals surface area contributed by atoms with Crippen molar-refractivity contribution in [3.8, 4) is 0 Å². The van der Waals surface area contributed by atoms with Crippen LogP contribution >= 0.6 is 11.6 Å². The fourth-order valence-electron chi connectivity index (χ4n) is 2.48. The molecule has 0 heterocycles. The van der Waals surface area contributed by atoms with Gasteiger partial charge in [-0.1, -0.05) is 60.1 Å². The van der Waals surface area contributed by atoms with Crippen molar-refractivity contribution in [2.24, 2.45) is 5.10 Å². The lowest BCUT2D eigenvalue weighted by atomic mass is 10.1. The normalized spacial score (nSPS) is 10.8. The second-order valence-corrected chi connectivity index (χ2v) is 6.12. The number of aryl methyl sites for hydroxylation is 1. The predicted molar refractivity (Wildman–Crippen MR) is 105 cm³/mol. The summed E-state index contributed by atoms with van der Waals surface area (Å²) in [5, 5.41) is 8.95. The highest BCUT2D eigenvalue weighted by Gasteiger charge is 2.14. The van der Waals surface area contributed by atoms with Crippen LogP contribution < -0.4 is 10.7 Å². The van der Waals surface area contributed by atoms with Gasteiger partial charge < -0.3 is 5.32 Å². The molecule has 2 amide bonds. The summed E-state index contributed by atoms with van der Waals surface area (Å²) in [6.07, 6.45) is 1.51. The van der Waals surface area contributed by atoms with Crippen molar-refractivity contribution in [1.82, 2.24) is 5.43 Å². The number of hydrogen-bond acceptors (Lipinski definition) is 3. The van der Waals surface area contributed by atoms with E-state index in [1.807, 2.05) is 49.4 Å². The maximum Gasteiger partial charge on any atom is 0.329 e. The largest absolute Gasteiger partial charge is 0.329 e. The molecule has 0 aliphatic rings. The standard InChI is InChI=1S/C20H16ClN3O2/c1-13-9-10-16(21)11-18(13)23-19(25)20(26)24-22-12-15-7-4-6-14-5-2-3-8-17(14)15/h2-12H,1H3,(H,23,25)(H,24,26)/b22-12+. The van der Waals surface area contributed by atoms with Gasteiger partial charge in [-0.15, -0.1) is 0 Å². The minimum Gasteiger partial charge on any atom is -0.317 e. The van der Waals surface area contributed by atoms with E-state index in [1.165, 1.54) is 6.21 Å². The second kappa shape index (κ2) is 7.80. The first-order chi connectivity index (χ1) is 12.5. The van der Waals surface area contributed by atoms with Gasteiger partial charge in [0.25, 0.3) is 0 Å². The van der Waals surface area contributed by atoms with Crippen LogP contribution in [0.25, 0.3) is 10.8 Å². The summed E-state index contributed by atoms with van der Waals surface area (Å²) in [5.41, 5.74) is 4.36. The number of benzene rings is 3. The molecule has 0 saturated heterocycles. The summed E-state index contributed by atoms with van der Waals surface area (Å²) >= 11 is 5.90. The molecule has 0 aliphatic heterocycles. The third kappa shape index (κ3) is 4.07. The summed E-state index contributed by atoms with van der Waals surface area (Å²) in [5.74, 6) is -1.67. The summed E-state index contributed by atoms with van der Waals surface area (Å²) in [4.78, 5) is 23.9. The lowest BCUT2D eigenvalue weighted by Gasteiger charge is -2.07. The highest BCUT2D eigenvalue weighted by molar-refractivity contribution is 6.40. The Morgan fingerprint density at radius 1 is 1.00 bits per heavy atom. The molecule has 0 fully saturated rings. The molecular weight excluding hydrogens is 350 g/mol.